The number of nitrogens with one attached hydrogen (secondary N) is 1. The van der Waals surface area contributed by atoms with E-state index < -0.39 is 0 Å². The SMILES string of the molecule is CC(C)c1nc(-c2ccc(Br)s2)n[nH]1. The first kappa shape index (κ1) is 9.86. The van der Waals surface area contributed by atoms with Gasteiger partial charge in [-0.05, 0) is 28.1 Å². The molecule has 0 bridgehead atoms. The lowest BCUT2D eigenvalue weighted by Gasteiger charge is -1.94. The molecule has 2 rings (SSSR count). The van der Waals surface area contributed by atoms with Crippen LogP contribution < -0.4 is 0 Å². The van der Waals surface area contributed by atoms with Crippen molar-refractivity contribution in [3.63, 3.8) is 0 Å². The van der Waals surface area contributed by atoms with Gasteiger partial charge in [0.1, 0.15) is 5.82 Å². The molecule has 1 N–H and O–H groups in total. The summed E-state index contributed by atoms with van der Waals surface area (Å²) >= 11 is 5.06. The van der Waals surface area contributed by atoms with E-state index in [1.54, 1.807) is 11.3 Å². The van der Waals surface area contributed by atoms with E-state index in [-0.39, 0.29) is 0 Å². The molecule has 74 valence electrons. The average molecular weight is 272 g/mol. The monoisotopic (exact) mass is 271 g/mol. The molecule has 0 unspecified atom stereocenters. The Bertz CT molecular complexity index is 433. The summed E-state index contributed by atoms with van der Waals surface area (Å²) < 4.78 is 1.10. The Balaban J connectivity index is 2.33. The molecule has 0 fully saturated rings. The maximum atomic E-state index is 4.42. The van der Waals surface area contributed by atoms with Crippen molar-refractivity contribution in [1.82, 2.24) is 15.2 Å². The van der Waals surface area contributed by atoms with Crippen LogP contribution in [-0.4, -0.2) is 15.2 Å². The number of halogens is 1. The van der Waals surface area contributed by atoms with Crippen LogP contribution in [0.25, 0.3) is 10.7 Å². The first-order valence-corrected chi connectivity index (χ1v) is 5.96. The van der Waals surface area contributed by atoms with Crippen molar-refractivity contribution < 1.29 is 0 Å². The third-order valence-electron chi connectivity index (χ3n) is 1.84. The summed E-state index contributed by atoms with van der Waals surface area (Å²) in [5, 5.41) is 7.12. The highest BCUT2D eigenvalue weighted by Crippen LogP contribution is 2.29. The predicted molar refractivity (Wildman–Crippen MR) is 61.5 cm³/mol. The molecule has 2 heterocycles. The van der Waals surface area contributed by atoms with E-state index in [4.69, 9.17) is 0 Å². The molecule has 0 aliphatic carbocycles. The fourth-order valence-electron chi connectivity index (χ4n) is 1.08. The van der Waals surface area contributed by atoms with Crippen LogP contribution >= 0.6 is 27.3 Å². The van der Waals surface area contributed by atoms with Gasteiger partial charge in [-0.15, -0.1) is 11.3 Å². The second-order valence-electron chi connectivity index (χ2n) is 3.30. The topological polar surface area (TPSA) is 41.6 Å². The maximum Gasteiger partial charge on any atom is 0.191 e. The molecule has 0 aromatic carbocycles. The van der Waals surface area contributed by atoms with Crippen LogP contribution in [0.15, 0.2) is 15.9 Å². The van der Waals surface area contributed by atoms with Crippen LogP contribution in [0.1, 0.15) is 25.6 Å². The number of nitrogens with zero attached hydrogens (tertiary/aromatic N) is 2. The summed E-state index contributed by atoms with van der Waals surface area (Å²) in [5.41, 5.74) is 0. The third kappa shape index (κ3) is 1.88. The minimum absolute atomic E-state index is 0.389. The van der Waals surface area contributed by atoms with Crippen molar-refractivity contribution in [2.75, 3.05) is 0 Å². The van der Waals surface area contributed by atoms with Gasteiger partial charge in [-0.25, -0.2) is 4.98 Å². The minimum atomic E-state index is 0.389. The van der Waals surface area contributed by atoms with E-state index in [1.807, 2.05) is 12.1 Å². The molecule has 0 atom stereocenters. The van der Waals surface area contributed by atoms with E-state index in [0.29, 0.717) is 5.92 Å². The lowest BCUT2D eigenvalue weighted by atomic mass is 10.2. The number of rotatable bonds is 2. The zero-order valence-corrected chi connectivity index (χ0v) is 10.3. The molecule has 0 radical (unpaired) electrons. The summed E-state index contributed by atoms with van der Waals surface area (Å²) in [6.45, 7) is 4.18. The first-order chi connectivity index (χ1) is 6.66. The summed E-state index contributed by atoms with van der Waals surface area (Å²) in [6.07, 6.45) is 0. The Morgan fingerprint density at radius 2 is 2.21 bits per heavy atom. The molecule has 5 heteroatoms. The molecule has 2 aromatic rings. The van der Waals surface area contributed by atoms with Crippen LogP contribution in [0.4, 0.5) is 0 Å². The number of H-pyrrole nitrogens is 1. The fraction of sp³-hybridized carbons (Fsp3) is 0.333. The Labute approximate surface area is 94.7 Å². The largest absolute Gasteiger partial charge is 0.262 e. The molecular weight excluding hydrogens is 262 g/mol. The highest BCUT2D eigenvalue weighted by molar-refractivity contribution is 9.11. The van der Waals surface area contributed by atoms with Crippen LogP contribution in [-0.2, 0) is 0 Å². The van der Waals surface area contributed by atoms with Crippen molar-refractivity contribution in [2.24, 2.45) is 0 Å². The lowest BCUT2D eigenvalue weighted by molar-refractivity contribution is 0.781. The van der Waals surface area contributed by atoms with E-state index in [0.717, 1.165) is 20.3 Å². The molecule has 0 saturated heterocycles. The van der Waals surface area contributed by atoms with Gasteiger partial charge in [0.05, 0.1) is 8.66 Å². The van der Waals surface area contributed by atoms with Gasteiger partial charge < -0.3 is 0 Å². The number of aromatic nitrogens is 3. The van der Waals surface area contributed by atoms with Gasteiger partial charge in [-0.2, -0.15) is 5.10 Å². The fourth-order valence-corrected chi connectivity index (χ4v) is 2.40. The zero-order chi connectivity index (χ0) is 10.1. The van der Waals surface area contributed by atoms with Gasteiger partial charge in [0.25, 0.3) is 0 Å². The van der Waals surface area contributed by atoms with Crippen LogP contribution in [0.3, 0.4) is 0 Å². The van der Waals surface area contributed by atoms with E-state index in [2.05, 4.69) is 45.0 Å². The minimum Gasteiger partial charge on any atom is -0.262 e. The molecule has 0 spiro atoms. The summed E-state index contributed by atoms with van der Waals surface area (Å²) in [6, 6.07) is 4.02. The van der Waals surface area contributed by atoms with Gasteiger partial charge in [0.15, 0.2) is 5.82 Å². The maximum absolute atomic E-state index is 4.42. The number of thiophene rings is 1. The van der Waals surface area contributed by atoms with Gasteiger partial charge in [0.2, 0.25) is 0 Å². The van der Waals surface area contributed by atoms with Crippen molar-refractivity contribution >= 4 is 27.3 Å². The van der Waals surface area contributed by atoms with Gasteiger partial charge in [-0.1, -0.05) is 13.8 Å². The third-order valence-corrected chi connectivity index (χ3v) is 3.46. The molecule has 0 aliphatic heterocycles. The van der Waals surface area contributed by atoms with Crippen molar-refractivity contribution in [1.29, 1.82) is 0 Å². The van der Waals surface area contributed by atoms with Crippen LogP contribution in [0.5, 0.6) is 0 Å². The van der Waals surface area contributed by atoms with Crippen LogP contribution in [0, 0.1) is 0 Å². The molecule has 2 aromatic heterocycles. The predicted octanol–water partition coefficient (Wildman–Crippen LogP) is 3.42. The van der Waals surface area contributed by atoms with Gasteiger partial charge in [0, 0.05) is 5.92 Å². The number of aromatic amines is 1. The first-order valence-electron chi connectivity index (χ1n) is 4.35. The van der Waals surface area contributed by atoms with E-state index >= 15 is 0 Å². The number of hydrogen-bond acceptors (Lipinski definition) is 3. The molecule has 0 amide bonds. The van der Waals surface area contributed by atoms with Crippen LogP contribution in [0.2, 0.25) is 0 Å². The highest BCUT2D eigenvalue weighted by Gasteiger charge is 2.09. The Morgan fingerprint density at radius 3 is 2.71 bits per heavy atom. The molecular formula is C9H10BrN3S. The lowest BCUT2D eigenvalue weighted by Crippen LogP contribution is -1.89. The quantitative estimate of drug-likeness (QED) is 0.910. The second kappa shape index (κ2) is 3.82. The highest BCUT2D eigenvalue weighted by atomic mass is 79.9. The number of hydrogen-bond donors (Lipinski definition) is 1. The Kier molecular flexibility index (Phi) is 2.69. The molecule has 0 saturated carbocycles. The second-order valence-corrected chi connectivity index (χ2v) is 5.77. The van der Waals surface area contributed by atoms with E-state index in [1.165, 1.54) is 0 Å². The normalized spacial score (nSPS) is 11.1. The average Bonchev–Trinajstić information content (AvgIpc) is 2.70. The Hall–Kier alpha value is -0.680. The van der Waals surface area contributed by atoms with Gasteiger partial charge >= 0.3 is 0 Å². The van der Waals surface area contributed by atoms with Gasteiger partial charge in [-0.3, -0.25) is 5.10 Å². The van der Waals surface area contributed by atoms with Crippen molar-refractivity contribution in [3.05, 3.63) is 21.7 Å². The Morgan fingerprint density at radius 1 is 1.43 bits per heavy atom. The summed E-state index contributed by atoms with van der Waals surface area (Å²) in [5.74, 6) is 2.11. The molecule has 3 nitrogen and oxygen atoms in total. The molecule has 14 heavy (non-hydrogen) atoms. The molecule has 0 aliphatic rings. The smallest absolute Gasteiger partial charge is 0.191 e. The zero-order valence-electron chi connectivity index (χ0n) is 7.91. The summed E-state index contributed by atoms with van der Waals surface area (Å²) in [7, 11) is 0. The van der Waals surface area contributed by atoms with Crippen molar-refractivity contribution in [2.45, 2.75) is 19.8 Å². The van der Waals surface area contributed by atoms with E-state index in [9.17, 15) is 0 Å². The van der Waals surface area contributed by atoms with Crippen molar-refractivity contribution in [3.8, 4) is 10.7 Å². The standard InChI is InChI=1S/C9H10BrN3S/c1-5(2)8-11-9(13-12-8)6-3-4-7(10)14-6/h3-5H,1-2H3,(H,11,12,13). The summed E-state index contributed by atoms with van der Waals surface area (Å²) in [4.78, 5) is 5.50.